The van der Waals surface area contributed by atoms with Crippen molar-refractivity contribution >= 4 is 27.7 Å². The molecule has 0 spiro atoms. The van der Waals surface area contributed by atoms with Gasteiger partial charge in [-0.15, -0.1) is 0 Å². The number of ether oxygens (including phenoxy) is 1. The molecule has 1 aliphatic carbocycles. The fourth-order valence-corrected chi connectivity index (χ4v) is 4.33. The molecule has 1 aromatic rings. The van der Waals surface area contributed by atoms with E-state index in [0.717, 1.165) is 27.9 Å². The maximum absolute atomic E-state index is 13.1. The molecule has 2 heterocycles. The minimum absolute atomic E-state index is 0.0757. The number of esters is 1. The Bertz CT molecular complexity index is 839. The highest BCUT2D eigenvalue weighted by Crippen LogP contribution is 2.47. The summed E-state index contributed by atoms with van der Waals surface area (Å²) in [6, 6.07) is 1.85. The van der Waals surface area contributed by atoms with E-state index in [2.05, 4.69) is 40.1 Å². The number of carbonyl (C=O) groups is 2. The van der Waals surface area contributed by atoms with Crippen molar-refractivity contribution < 1.29 is 14.3 Å². The van der Waals surface area contributed by atoms with Gasteiger partial charge in [0.05, 0.1) is 12.2 Å². The number of ketones is 1. The number of carbonyl (C=O) groups excluding carboxylic acids is 2. The van der Waals surface area contributed by atoms with Gasteiger partial charge in [-0.05, 0) is 53.2 Å². The average Bonchev–Trinajstić information content (AvgIpc) is 2.53. The lowest BCUT2D eigenvalue weighted by molar-refractivity contribution is -0.138. The first-order valence-electron chi connectivity index (χ1n) is 8.75. The average molecular weight is 419 g/mol. The van der Waals surface area contributed by atoms with Crippen LogP contribution in [0.5, 0.6) is 0 Å². The maximum Gasteiger partial charge on any atom is 0.336 e. The van der Waals surface area contributed by atoms with Crippen molar-refractivity contribution in [3.05, 3.63) is 51.0 Å². The van der Waals surface area contributed by atoms with Crippen LogP contribution in [-0.4, -0.2) is 23.3 Å². The lowest BCUT2D eigenvalue weighted by Crippen LogP contribution is -2.38. The maximum atomic E-state index is 13.1. The molecule has 1 atom stereocenters. The molecule has 1 aliphatic heterocycles. The van der Waals surface area contributed by atoms with E-state index >= 15 is 0 Å². The van der Waals surface area contributed by atoms with Crippen molar-refractivity contribution in [2.24, 2.45) is 5.41 Å². The van der Waals surface area contributed by atoms with Crippen molar-refractivity contribution in [1.82, 2.24) is 10.3 Å². The van der Waals surface area contributed by atoms with Crippen LogP contribution in [0.4, 0.5) is 0 Å². The molecule has 1 aromatic heterocycles. The van der Waals surface area contributed by atoms with Gasteiger partial charge in [0.2, 0.25) is 0 Å². The van der Waals surface area contributed by atoms with Gasteiger partial charge in [-0.2, -0.15) is 0 Å². The van der Waals surface area contributed by atoms with Crippen LogP contribution in [-0.2, 0) is 14.3 Å². The second-order valence-corrected chi connectivity index (χ2v) is 8.40. The number of hydrogen-bond acceptors (Lipinski definition) is 5. The van der Waals surface area contributed by atoms with E-state index in [1.54, 1.807) is 19.3 Å². The van der Waals surface area contributed by atoms with Gasteiger partial charge in [-0.25, -0.2) is 4.79 Å². The Morgan fingerprint density at radius 1 is 1.42 bits per heavy atom. The number of rotatable bonds is 3. The lowest BCUT2D eigenvalue weighted by atomic mass is 9.68. The van der Waals surface area contributed by atoms with E-state index in [-0.39, 0.29) is 17.8 Å². The Morgan fingerprint density at radius 3 is 2.81 bits per heavy atom. The molecular formula is C20H23BrN2O3. The number of allylic oxidation sites excluding steroid dienone is 3. The van der Waals surface area contributed by atoms with Gasteiger partial charge in [0.1, 0.15) is 0 Å². The normalized spacial score (nSPS) is 22.0. The van der Waals surface area contributed by atoms with E-state index in [4.69, 9.17) is 4.74 Å². The first-order valence-corrected chi connectivity index (χ1v) is 9.55. The summed E-state index contributed by atoms with van der Waals surface area (Å²) < 4.78 is 6.07. The monoisotopic (exact) mass is 418 g/mol. The first kappa shape index (κ1) is 18.8. The SMILES string of the molecule is CCOC(=O)C1=C(C)NC2=C(C(=O)CC(C)(C)C2)[C@@H]1c1ccncc1Br. The largest absolute Gasteiger partial charge is 0.463 e. The third-order valence-corrected chi connectivity index (χ3v) is 5.51. The molecule has 6 heteroatoms. The molecule has 1 N–H and O–H groups in total. The first-order chi connectivity index (χ1) is 12.2. The number of nitrogens with zero attached hydrogens (tertiary/aromatic N) is 1. The Morgan fingerprint density at radius 2 is 2.15 bits per heavy atom. The highest BCUT2D eigenvalue weighted by Gasteiger charge is 2.43. The molecule has 26 heavy (non-hydrogen) atoms. The molecule has 138 valence electrons. The van der Waals surface area contributed by atoms with Gasteiger partial charge in [0.15, 0.2) is 5.78 Å². The smallest absolute Gasteiger partial charge is 0.336 e. The van der Waals surface area contributed by atoms with Crippen LogP contribution < -0.4 is 5.32 Å². The highest BCUT2D eigenvalue weighted by molar-refractivity contribution is 9.10. The van der Waals surface area contributed by atoms with Crippen molar-refractivity contribution in [3.8, 4) is 0 Å². The van der Waals surface area contributed by atoms with Crippen LogP contribution in [0.2, 0.25) is 0 Å². The predicted molar refractivity (Wildman–Crippen MR) is 102 cm³/mol. The summed E-state index contributed by atoms with van der Waals surface area (Å²) in [6.07, 6.45) is 4.59. The summed E-state index contributed by atoms with van der Waals surface area (Å²) in [6.45, 7) is 8.11. The molecule has 3 rings (SSSR count). The van der Waals surface area contributed by atoms with Crippen LogP contribution in [0.15, 0.2) is 45.5 Å². The second kappa shape index (κ2) is 6.99. The van der Waals surface area contributed by atoms with E-state index in [1.165, 1.54) is 0 Å². The molecule has 0 aromatic carbocycles. The van der Waals surface area contributed by atoms with Crippen LogP contribution in [0.3, 0.4) is 0 Å². The number of aromatic nitrogens is 1. The summed E-state index contributed by atoms with van der Waals surface area (Å²) in [5, 5.41) is 3.32. The van der Waals surface area contributed by atoms with E-state index in [9.17, 15) is 9.59 Å². The lowest BCUT2D eigenvalue weighted by Gasteiger charge is -2.39. The summed E-state index contributed by atoms with van der Waals surface area (Å²) in [7, 11) is 0. The van der Waals surface area contributed by atoms with Crippen molar-refractivity contribution in [2.75, 3.05) is 6.61 Å². The third-order valence-electron chi connectivity index (χ3n) is 4.85. The minimum atomic E-state index is -0.453. The number of hydrogen-bond donors (Lipinski definition) is 1. The Kier molecular flexibility index (Phi) is 5.06. The van der Waals surface area contributed by atoms with Crippen molar-refractivity contribution in [1.29, 1.82) is 0 Å². The fourth-order valence-electron chi connectivity index (χ4n) is 3.85. The number of nitrogens with one attached hydrogen (secondary N) is 1. The second-order valence-electron chi connectivity index (χ2n) is 7.55. The van der Waals surface area contributed by atoms with E-state index in [1.807, 2.05) is 13.0 Å². The van der Waals surface area contributed by atoms with E-state index in [0.29, 0.717) is 17.6 Å². The van der Waals surface area contributed by atoms with Crippen LogP contribution in [0.25, 0.3) is 0 Å². The number of halogens is 1. The van der Waals surface area contributed by atoms with Crippen LogP contribution in [0, 0.1) is 5.41 Å². The number of dihydropyridines is 1. The van der Waals surface area contributed by atoms with Crippen LogP contribution >= 0.6 is 15.9 Å². The Labute approximate surface area is 162 Å². The van der Waals surface area contributed by atoms with Gasteiger partial charge in [-0.3, -0.25) is 9.78 Å². The summed E-state index contributed by atoms with van der Waals surface area (Å²) in [5.41, 5.74) is 3.55. The van der Waals surface area contributed by atoms with Crippen molar-refractivity contribution in [3.63, 3.8) is 0 Å². The molecule has 2 aliphatic rings. The molecular weight excluding hydrogens is 396 g/mol. The van der Waals surface area contributed by atoms with Crippen LogP contribution in [0.1, 0.15) is 52.0 Å². The van der Waals surface area contributed by atoms with Crippen molar-refractivity contribution in [2.45, 2.75) is 46.5 Å². The third kappa shape index (κ3) is 3.34. The standard InChI is InChI=1S/C20H23BrN2O3/c1-5-26-19(25)16-11(2)23-14-8-20(3,4)9-15(24)18(14)17(16)12-6-7-22-10-13(12)21/h6-7,10,17,23H,5,8-9H2,1-4H3/t17-/m1/s1. The number of Topliss-reactive ketones (excluding diaryl/α,β-unsaturated/α-hetero) is 1. The summed E-state index contributed by atoms with van der Waals surface area (Å²) >= 11 is 3.53. The minimum Gasteiger partial charge on any atom is -0.463 e. The topological polar surface area (TPSA) is 68.3 Å². The zero-order chi connectivity index (χ0) is 19.1. The quantitative estimate of drug-likeness (QED) is 0.750. The molecule has 5 nitrogen and oxygen atoms in total. The zero-order valence-corrected chi connectivity index (χ0v) is 17.1. The summed E-state index contributed by atoms with van der Waals surface area (Å²) in [4.78, 5) is 29.9. The Balaban J connectivity index is 2.21. The predicted octanol–water partition coefficient (Wildman–Crippen LogP) is 4.01. The molecule has 0 saturated heterocycles. The van der Waals surface area contributed by atoms with Gasteiger partial charge >= 0.3 is 5.97 Å². The summed E-state index contributed by atoms with van der Waals surface area (Å²) in [5.74, 6) is -0.770. The molecule has 0 radical (unpaired) electrons. The Hall–Kier alpha value is -1.95. The molecule has 0 saturated carbocycles. The molecule has 0 unspecified atom stereocenters. The fraction of sp³-hybridized carbons (Fsp3) is 0.450. The molecule has 0 fully saturated rings. The molecule has 0 amide bonds. The van der Waals surface area contributed by atoms with Gasteiger partial charge in [0, 0.05) is 46.2 Å². The number of pyridine rings is 1. The van der Waals surface area contributed by atoms with Gasteiger partial charge in [-0.1, -0.05) is 13.8 Å². The van der Waals surface area contributed by atoms with Gasteiger partial charge < -0.3 is 10.1 Å². The van der Waals surface area contributed by atoms with E-state index < -0.39 is 11.9 Å². The zero-order valence-electron chi connectivity index (χ0n) is 15.5. The highest BCUT2D eigenvalue weighted by atomic mass is 79.9. The van der Waals surface area contributed by atoms with Gasteiger partial charge in [0.25, 0.3) is 0 Å². The molecule has 0 bridgehead atoms.